The fraction of sp³-hybridized carbons (Fsp3) is 0.286. The molecule has 0 unspecified atom stereocenters. The van der Waals surface area contributed by atoms with Gasteiger partial charge >= 0.3 is 0 Å². The Morgan fingerprint density at radius 3 is 2.13 bits per heavy atom. The van der Waals surface area contributed by atoms with Gasteiger partial charge in [0, 0.05) is 22.6 Å². The van der Waals surface area contributed by atoms with Crippen LogP contribution in [0.25, 0.3) is 0 Å². The lowest BCUT2D eigenvalue weighted by molar-refractivity contribution is -0.140. The molecule has 3 aromatic carbocycles. The molecule has 38 heavy (non-hydrogen) atoms. The van der Waals surface area contributed by atoms with Gasteiger partial charge in [-0.3, -0.25) is 13.9 Å². The fourth-order valence-electron chi connectivity index (χ4n) is 3.97. The van der Waals surface area contributed by atoms with Crippen molar-refractivity contribution in [2.45, 2.75) is 50.7 Å². The highest BCUT2D eigenvalue weighted by Gasteiger charge is 2.33. The van der Waals surface area contributed by atoms with Gasteiger partial charge in [-0.2, -0.15) is 0 Å². The molecule has 1 N–H and O–H groups in total. The molecule has 0 bridgehead atoms. The third kappa shape index (κ3) is 7.49. The molecule has 0 fully saturated rings. The first-order valence-electron chi connectivity index (χ1n) is 12.2. The van der Waals surface area contributed by atoms with E-state index < -0.39 is 28.5 Å². The molecular formula is C28H31Cl2N3O4S. The lowest BCUT2D eigenvalue weighted by atomic mass is 10.1. The quantitative estimate of drug-likeness (QED) is 0.326. The molecule has 0 aliphatic carbocycles. The maximum Gasteiger partial charge on any atom is 0.264 e. The number of carbonyl (C=O) groups excluding carboxylic acids is 2. The summed E-state index contributed by atoms with van der Waals surface area (Å²) in [6.07, 6.45) is 0.334. The van der Waals surface area contributed by atoms with E-state index in [0.29, 0.717) is 16.5 Å². The fourth-order valence-corrected chi connectivity index (χ4v) is 5.70. The van der Waals surface area contributed by atoms with E-state index in [1.165, 1.54) is 23.1 Å². The second kappa shape index (κ2) is 13.1. The highest BCUT2D eigenvalue weighted by molar-refractivity contribution is 7.92. The molecule has 0 radical (unpaired) electrons. The standard InChI is InChI=1S/C28H31Cl2N3O4S/c1-4-26(28(35)31-20(2)3)32(18-21-13-15-22(29)16-14-21)27(34)19-33(24-10-8-9-23(30)17-24)38(36,37)25-11-6-5-7-12-25/h5-17,20,26H,4,18-19H2,1-3H3,(H,31,35)/t26-/m0/s1. The Hall–Kier alpha value is -3.07. The van der Waals surface area contributed by atoms with Crippen molar-refractivity contribution in [3.05, 3.63) is 94.5 Å². The van der Waals surface area contributed by atoms with Crippen LogP contribution in [0.2, 0.25) is 10.0 Å². The van der Waals surface area contributed by atoms with Crippen molar-refractivity contribution in [2.24, 2.45) is 0 Å². The predicted molar refractivity (Wildman–Crippen MR) is 152 cm³/mol. The van der Waals surface area contributed by atoms with Gasteiger partial charge in [-0.05, 0) is 68.3 Å². The highest BCUT2D eigenvalue weighted by Crippen LogP contribution is 2.27. The minimum Gasteiger partial charge on any atom is -0.352 e. The Kier molecular flexibility index (Phi) is 10.2. The van der Waals surface area contributed by atoms with Crippen molar-refractivity contribution < 1.29 is 18.0 Å². The van der Waals surface area contributed by atoms with Gasteiger partial charge in [0.2, 0.25) is 11.8 Å². The van der Waals surface area contributed by atoms with Gasteiger partial charge in [-0.25, -0.2) is 8.42 Å². The van der Waals surface area contributed by atoms with Crippen molar-refractivity contribution in [1.29, 1.82) is 0 Å². The average molecular weight is 577 g/mol. The van der Waals surface area contributed by atoms with Crippen LogP contribution in [-0.4, -0.2) is 43.8 Å². The molecule has 2 amide bonds. The second-order valence-electron chi connectivity index (χ2n) is 9.04. The lowest BCUT2D eigenvalue weighted by Gasteiger charge is -2.33. The van der Waals surface area contributed by atoms with Gasteiger partial charge in [0.1, 0.15) is 12.6 Å². The third-order valence-electron chi connectivity index (χ3n) is 5.79. The summed E-state index contributed by atoms with van der Waals surface area (Å²) in [7, 11) is -4.14. The van der Waals surface area contributed by atoms with E-state index in [1.54, 1.807) is 60.7 Å². The molecule has 0 saturated heterocycles. The molecule has 10 heteroatoms. The summed E-state index contributed by atoms with van der Waals surface area (Å²) >= 11 is 12.2. The third-order valence-corrected chi connectivity index (χ3v) is 8.06. The van der Waals surface area contributed by atoms with Gasteiger partial charge in [0.25, 0.3) is 10.0 Å². The Bertz CT molecular complexity index is 1350. The molecule has 0 saturated carbocycles. The van der Waals surface area contributed by atoms with Crippen LogP contribution in [0.15, 0.2) is 83.8 Å². The van der Waals surface area contributed by atoms with Crippen LogP contribution in [0.3, 0.4) is 0 Å². The average Bonchev–Trinajstić information content (AvgIpc) is 2.88. The Morgan fingerprint density at radius 1 is 0.895 bits per heavy atom. The van der Waals surface area contributed by atoms with Crippen molar-refractivity contribution in [1.82, 2.24) is 10.2 Å². The second-order valence-corrected chi connectivity index (χ2v) is 11.8. The minimum absolute atomic E-state index is 0.0293. The van der Waals surface area contributed by atoms with Crippen LogP contribution in [-0.2, 0) is 26.2 Å². The molecule has 3 aromatic rings. The predicted octanol–water partition coefficient (Wildman–Crippen LogP) is 5.52. The largest absolute Gasteiger partial charge is 0.352 e. The number of amides is 2. The number of carbonyl (C=O) groups is 2. The van der Waals surface area contributed by atoms with Crippen LogP contribution in [0.5, 0.6) is 0 Å². The van der Waals surface area contributed by atoms with Crippen LogP contribution in [0.1, 0.15) is 32.8 Å². The summed E-state index contributed by atoms with van der Waals surface area (Å²) in [6, 6.07) is 20.2. The lowest BCUT2D eigenvalue weighted by Crippen LogP contribution is -2.53. The Labute approximate surface area is 234 Å². The molecular weight excluding hydrogens is 545 g/mol. The zero-order valence-corrected chi connectivity index (χ0v) is 23.8. The van der Waals surface area contributed by atoms with Crippen LogP contribution in [0, 0.1) is 0 Å². The molecule has 0 aliphatic heterocycles. The number of hydrogen-bond acceptors (Lipinski definition) is 4. The Morgan fingerprint density at radius 2 is 1.55 bits per heavy atom. The summed E-state index contributed by atoms with van der Waals surface area (Å²) in [5.41, 5.74) is 0.986. The monoisotopic (exact) mass is 575 g/mol. The number of sulfonamides is 1. The number of halogens is 2. The van der Waals surface area contributed by atoms with Crippen molar-refractivity contribution in [3.8, 4) is 0 Å². The molecule has 0 aromatic heterocycles. The normalized spacial score (nSPS) is 12.2. The van der Waals surface area contributed by atoms with E-state index in [0.717, 1.165) is 9.87 Å². The first-order chi connectivity index (χ1) is 18.0. The SMILES string of the molecule is CC[C@@H](C(=O)NC(C)C)N(Cc1ccc(Cl)cc1)C(=O)CN(c1cccc(Cl)c1)S(=O)(=O)c1ccccc1. The zero-order chi connectivity index (χ0) is 27.9. The number of benzene rings is 3. The molecule has 0 heterocycles. The van der Waals surface area contributed by atoms with Crippen molar-refractivity contribution >= 4 is 50.7 Å². The smallest absolute Gasteiger partial charge is 0.264 e. The van der Waals surface area contributed by atoms with Gasteiger partial charge in [-0.15, -0.1) is 0 Å². The maximum atomic E-state index is 13.9. The van der Waals surface area contributed by atoms with E-state index in [9.17, 15) is 18.0 Å². The molecule has 202 valence electrons. The van der Waals surface area contributed by atoms with Crippen LogP contribution < -0.4 is 9.62 Å². The van der Waals surface area contributed by atoms with E-state index in [2.05, 4.69) is 5.32 Å². The minimum atomic E-state index is -4.14. The number of hydrogen-bond donors (Lipinski definition) is 1. The first-order valence-corrected chi connectivity index (χ1v) is 14.4. The number of anilines is 1. The van der Waals surface area contributed by atoms with Gasteiger partial charge < -0.3 is 10.2 Å². The molecule has 0 spiro atoms. The van der Waals surface area contributed by atoms with E-state index >= 15 is 0 Å². The summed E-state index contributed by atoms with van der Waals surface area (Å²) in [6.45, 7) is 5.04. The van der Waals surface area contributed by atoms with E-state index in [1.807, 2.05) is 20.8 Å². The van der Waals surface area contributed by atoms with E-state index in [-0.39, 0.29) is 29.1 Å². The number of nitrogens with zero attached hydrogens (tertiary/aromatic N) is 2. The Balaban J connectivity index is 2.05. The summed E-state index contributed by atoms with van der Waals surface area (Å²) < 4.78 is 28.5. The van der Waals surface area contributed by atoms with Crippen molar-refractivity contribution in [3.63, 3.8) is 0 Å². The number of rotatable bonds is 11. The van der Waals surface area contributed by atoms with Crippen molar-refractivity contribution in [2.75, 3.05) is 10.8 Å². The zero-order valence-electron chi connectivity index (χ0n) is 21.5. The molecule has 7 nitrogen and oxygen atoms in total. The summed E-state index contributed by atoms with van der Waals surface area (Å²) in [4.78, 5) is 28.5. The van der Waals surface area contributed by atoms with Gasteiger partial charge in [0.05, 0.1) is 10.6 Å². The van der Waals surface area contributed by atoms with Crippen LogP contribution in [0.4, 0.5) is 5.69 Å². The molecule has 0 aliphatic rings. The molecule has 3 rings (SSSR count). The summed E-state index contributed by atoms with van der Waals surface area (Å²) in [5, 5.41) is 3.73. The number of nitrogens with one attached hydrogen (secondary N) is 1. The summed E-state index contributed by atoms with van der Waals surface area (Å²) in [5.74, 6) is -0.852. The highest BCUT2D eigenvalue weighted by atomic mass is 35.5. The van der Waals surface area contributed by atoms with E-state index in [4.69, 9.17) is 23.2 Å². The topological polar surface area (TPSA) is 86.8 Å². The first kappa shape index (κ1) is 29.5. The van der Waals surface area contributed by atoms with Crippen LogP contribution >= 0.6 is 23.2 Å². The van der Waals surface area contributed by atoms with Gasteiger partial charge in [0.15, 0.2) is 0 Å². The van der Waals surface area contributed by atoms with Gasteiger partial charge in [-0.1, -0.05) is 66.5 Å². The molecule has 1 atom stereocenters. The maximum absolute atomic E-state index is 13.9.